The molecule has 680 valence electrons. The summed E-state index contributed by atoms with van der Waals surface area (Å²) in [5.41, 5.74) is -2.98. The van der Waals surface area contributed by atoms with Crippen molar-refractivity contribution in [3.63, 3.8) is 0 Å². The molecule has 36 nitrogen and oxygen atoms in total. The van der Waals surface area contributed by atoms with Crippen LogP contribution in [0.4, 0.5) is 0 Å². The Morgan fingerprint density at radius 1 is 0.261 bits per heavy atom. The third-order valence-electron chi connectivity index (χ3n) is 18.2. The molecule has 0 spiro atoms. The lowest BCUT2D eigenvalue weighted by atomic mass is 10.0. The van der Waals surface area contributed by atoms with Crippen LogP contribution >= 0.6 is 0 Å². The van der Waals surface area contributed by atoms with Crippen LogP contribution in [0.1, 0.15) is 290 Å². The van der Waals surface area contributed by atoms with Crippen LogP contribution in [0.15, 0.2) is 0 Å². The number of amides is 10. The van der Waals surface area contributed by atoms with Gasteiger partial charge >= 0.3 is 48.1 Å². The number of rotatable bonds is 56. The molecule has 0 aromatic rings. The van der Waals surface area contributed by atoms with Crippen LogP contribution < -0.4 is 26.6 Å². The first-order chi connectivity index (χ1) is 55.7. The average Bonchev–Trinajstić information content (AvgIpc) is 0.865. The van der Waals surface area contributed by atoms with Crippen molar-refractivity contribution in [3.8, 4) is 0 Å². The van der Waals surface area contributed by atoms with Crippen molar-refractivity contribution in [2.24, 2.45) is 0 Å². The highest BCUT2D eigenvalue weighted by molar-refractivity contribution is 5.92. The number of ether oxygens (including phenoxy) is 6. The summed E-state index contributed by atoms with van der Waals surface area (Å²) < 4.78 is 29.3. The zero-order valence-electron chi connectivity index (χ0n) is 74.7. The topological polar surface area (TPSA) is 473 Å². The van der Waals surface area contributed by atoms with Gasteiger partial charge in [-0.15, -0.1) is 0 Å². The minimum atomic E-state index is -1.47. The van der Waals surface area contributed by atoms with Crippen molar-refractivity contribution in [2.75, 3.05) is 81.9 Å². The Kier molecular flexibility index (Phi) is 59.5. The second kappa shape index (κ2) is 62.4. The van der Waals surface area contributed by atoms with Crippen LogP contribution in [-0.4, -0.2) is 266 Å². The van der Waals surface area contributed by atoms with E-state index in [1.54, 1.807) is 83.1 Å². The molecule has 0 heterocycles. The quantitative estimate of drug-likeness (QED) is 0.0251. The van der Waals surface area contributed by atoms with E-state index in [2.05, 4.69) is 26.6 Å². The lowest BCUT2D eigenvalue weighted by Gasteiger charge is -2.35. The van der Waals surface area contributed by atoms with Crippen LogP contribution in [0.2, 0.25) is 0 Å². The highest BCUT2D eigenvalue weighted by atomic mass is 16.5. The van der Waals surface area contributed by atoms with Gasteiger partial charge in [0.25, 0.3) is 0 Å². The first kappa shape index (κ1) is 113. The average molecular weight is 1700 g/mol. The Labute approximate surface area is 703 Å². The van der Waals surface area contributed by atoms with Gasteiger partial charge < -0.3 is 79.5 Å². The van der Waals surface area contributed by atoms with E-state index < -0.39 is 154 Å². The van der Waals surface area contributed by atoms with E-state index in [0.717, 1.165) is 0 Å². The van der Waals surface area contributed by atoms with Gasteiger partial charge in [0.1, 0.15) is 30.2 Å². The van der Waals surface area contributed by atoms with E-state index in [0.29, 0.717) is 25.7 Å². The van der Waals surface area contributed by atoms with E-state index in [-0.39, 0.29) is 212 Å². The standard InChI is InChI=1S/C81H142N10O22.2CO2/c1-21-23-35-58(74(104)83-78(3,4)5)89(54-32-48-70(100)111-18)64(94)42-29-41-63(93)88(53-31-44-66(96)91(56-34-50-72(102)113-20)61(39-28-47-69(99)110-17)77(107)86-81(12,13)14)57(36-25-40-62(92)87(52-24-22-2)59(37-26-45-67(97)108-15)75(105)84-79(6,7)8)73(103)82-51-30-43-65(95)90(55-33-49-71(101)112-19)60(38-27-46-68(98)109-16)76(106)85-80(9,10)11;2*2-1-3/h57-61H,21-56H2,1-20H3,(H,82,103)(H,83,104)(H,84,105)(H,85,106)(H,86,107);;. The van der Waals surface area contributed by atoms with Crippen molar-refractivity contribution in [3.05, 3.63) is 0 Å². The fourth-order valence-electron chi connectivity index (χ4n) is 12.6. The lowest BCUT2D eigenvalue weighted by Crippen LogP contribution is -2.54. The Morgan fingerprint density at radius 3 is 0.681 bits per heavy atom. The van der Waals surface area contributed by atoms with Crippen molar-refractivity contribution in [1.82, 2.24) is 51.1 Å². The minimum absolute atomic E-state index is 0.0108. The number of carbonyl (C=O) groups is 16. The summed E-state index contributed by atoms with van der Waals surface area (Å²) in [7, 11) is 7.36. The normalized spacial score (nSPS) is 12.3. The maximum absolute atomic E-state index is 15.6. The molecule has 119 heavy (non-hydrogen) atoms. The number of esters is 6. The predicted molar refractivity (Wildman–Crippen MR) is 434 cm³/mol. The molecule has 0 bridgehead atoms. The fraction of sp³-hybridized carbons (Fsp3) is 0.783. The van der Waals surface area contributed by atoms with Gasteiger partial charge in [0.15, 0.2) is 0 Å². The molecule has 5 unspecified atom stereocenters. The number of unbranched alkanes of at least 4 members (excludes halogenated alkanes) is 2. The molecular weight excluding hydrogens is 1550 g/mol. The molecule has 0 aliphatic rings. The summed E-state index contributed by atoms with van der Waals surface area (Å²) in [6.07, 6.45) is 1.17. The van der Waals surface area contributed by atoms with Gasteiger partial charge in [-0.05, 0) is 186 Å². The summed E-state index contributed by atoms with van der Waals surface area (Å²) >= 11 is 0. The summed E-state index contributed by atoms with van der Waals surface area (Å²) in [4.78, 5) is 261. The van der Waals surface area contributed by atoms with Gasteiger partial charge in [-0.25, -0.2) is 0 Å². The van der Waals surface area contributed by atoms with Gasteiger partial charge in [-0.3, -0.25) is 76.7 Å². The molecular formula is C83H142N10O26. The van der Waals surface area contributed by atoms with E-state index in [4.69, 9.17) is 47.6 Å². The third-order valence-corrected chi connectivity index (χ3v) is 18.2. The van der Waals surface area contributed by atoms with Gasteiger partial charge in [0, 0.05) is 132 Å². The van der Waals surface area contributed by atoms with Gasteiger partial charge in [-0.2, -0.15) is 19.2 Å². The number of nitrogens with zero attached hydrogens (tertiary/aromatic N) is 5. The number of carbonyl (C=O) groups excluding carboxylic acids is 20. The molecule has 0 saturated carbocycles. The van der Waals surface area contributed by atoms with Crippen LogP contribution in [0, 0.1) is 0 Å². The zero-order chi connectivity index (χ0) is 91.7. The molecule has 5 atom stereocenters. The highest BCUT2D eigenvalue weighted by Gasteiger charge is 2.38. The molecule has 0 aromatic heterocycles. The highest BCUT2D eigenvalue weighted by Crippen LogP contribution is 2.24. The maximum Gasteiger partial charge on any atom is 0.373 e. The smallest absolute Gasteiger partial charge is 0.373 e. The lowest BCUT2D eigenvalue weighted by molar-refractivity contribution is -0.193. The van der Waals surface area contributed by atoms with Gasteiger partial charge in [-0.1, -0.05) is 33.1 Å². The number of nitrogens with one attached hydrogen (secondary N) is 5. The second-order valence-corrected chi connectivity index (χ2v) is 32.8. The third kappa shape index (κ3) is 53.4. The maximum atomic E-state index is 15.6. The Bertz CT molecular complexity index is 3220. The zero-order valence-corrected chi connectivity index (χ0v) is 74.7. The fourth-order valence-corrected chi connectivity index (χ4v) is 12.6. The molecule has 36 heteroatoms. The monoisotopic (exact) mass is 1700 g/mol. The molecule has 10 amide bonds. The molecule has 5 N–H and O–H groups in total. The minimum Gasteiger partial charge on any atom is -0.469 e. The number of hydrogen-bond donors (Lipinski definition) is 5. The molecule has 0 aliphatic carbocycles. The summed E-state index contributed by atoms with van der Waals surface area (Å²) in [6, 6.07) is -5.79. The second-order valence-electron chi connectivity index (χ2n) is 32.8. The van der Waals surface area contributed by atoms with Crippen molar-refractivity contribution in [2.45, 2.75) is 342 Å². The summed E-state index contributed by atoms with van der Waals surface area (Å²) in [5.74, 6) is -8.77. The van der Waals surface area contributed by atoms with E-state index in [1.807, 2.05) is 13.8 Å². The van der Waals surface area contributed by atoms with Crippen LogP contribution in [0.3, 0.4) is 0 Å². The van der Waals surface area contributed by atoms with Crippen molar-refractivity contribution in [1.29, 1.82) is 0 Å². The first-order valence-electron chi connectivity index (χ1n) is 41.1. The Morgan fingerprint density at radius 2 is 0.445 bits per heavy atom. The molecule has 0 radical (unpaired) electrons. The molecule has 0 fully saturated rings. The molecule has 0 aliphatic heterocycles. The predicted octanol–water partition coefficient (Wildman–Crippen LogP) is 6.36. The summed E-state index contributed by atoms with van der Waals surface area (Å²) in [6.45, 7) is 24.5. The van der Waals surface area contributed by atoms with E-state index in [9.17, 15) is 62.3 Å². The van der Waals surface area contributed by atoms with E-state index in [1.165, 1.54) is 67.2 Å². The van der Waals surface area contributed by atoms with Gasteiger partial charge in [0.05, 0.1) is 42.7 Å². The van der Waals surface area contributed by atoms with E-state index >= 15 is 14.4 Å². The van der Waals surface area contributed by atoms with Crippen LogP contribution in [0.5, 0.6) is 0 Å². The number of hydrogen-bond acceptors (Lipinski definition) is 26. The van der Waals surface area contributed by atoms with Crippen LogP contribution in [0.25, 0.3) is 0 Å². The molecule has 0 saturated heterocycles. The number of methoxy groups -OCH3 is 6. The van der Waals surface area contributed by atoms with Gasteiger partial charge in [0.2, 0.25) is 59.1 Å². The van der Waals surface area contributed by atoms with Crippen molar-refractivity contribution >= 4 is 107 Å². The summed E-state index contributed by atoms with van der Waals surface area (Å²) in [5, 5.41) is 14.7. The van der Waals surface area contributed by atoms with Crippen molar-refractivity contribution < 1.29 is 124 Å². The molecule has 0 aromatic carbocycles. The van der Waals surface area contributed by atoms with Crippen LogP contribution in [-0.2, 0) is 124 Å². The Hall–Kier alpha value is -9.72. The largest absolute Gasteiger partial charge is 0.469 e. The molecule has 0 rings (SSSR count). The Balaban J connectivity index is -0.0000217. The SMILES string of the molecule is CCCCC(C(=O)NC(C)(C)C)N(CCCC(=O)OC)C(=O)CCCC(=O)N(CCCC(=O)N(CCCC(=O)OC)C(CCCC(=O)OC)C(=O)NC(C)(C)C)C(CCCC(=O)N(CCCC)C(CCCC(=O)OC)C(=O)NC(C)(C)C)C(=O)NCCCC(=O)N(CCCC(=O)OC)C(CCCC(=O)OC)C(=O)NC(C)(C)C.O=C=O.O=C=O. The first-order valence-corrected chi connectivity index (χ1v) is 41.1.